The van der Waals surface area contributed by atoms with E-state index in [4.69, 9.17) is 23.6 Å². The molecule has 0 radical (unpaired) electrons. The maximum atomic E-state index is 12.4. The van der Waals surface area contributed by atoms with E-state index < -0.39 is 11.6 Å². The number of nitrogens with zero attached hydrogens (tertiary/aromatic N) is 2. The van der Waals surface area contributed by atoms with Crippen LogP contribution in [-0.4, -0.2) is 55.3 Å². The van der Waals surface area contributed by atoms with Crippen LogP contribution in [0.4, 0.5) is 0 Å². The minimum Gasteiger partial charge on any atom is -0.493 e. The van der Waals surface area contributed by atoms with Crippen molar-refractivity contribution in [2.45, 2.75) is 46.6 Å². The molecular formula is C34H42N2O5. The Kier molecular flexibility index (Phi) is 11.5. The zero-order valence-corrected chi connectivity index (χ0v) is 25.3. The molecule has 41 heavy (non-hydrogen) atoms. The number of carbonyl (C=O) groups excluding carboxylic acids is 1. The zero-order chi connectivity index (χ0) is 29.8. The first-order valence-electron chi connectivity index (χ1n) is 14.1. The van der Waals surface area contributed by atoms with Crippen molar-refractivity contribution in [2.75, 3.05) is 33.9 Å². The molecule has 4 rings (SSSR count). The summed E-state index contributed by atoms with van der Waals surface area (Å²) in [6.45, 7) is 10.7. The van der Waals surface area contributed by atoms with Gasteiger partial charge in [0.05, 0.1) is 12.3 Å². The Balaban J connectivity index is 0.00000226. The van der Waals surface area contributed by atoms with Gasteiger partial charge in [0.15, 0.2) is 5.60 Å². The van der Waals surface area contributed by atoms with E-state index in [1.165, 1.54) is 5.56 Å². The number of esters is 1. The summed E-state index contributed by atoms with van der Waals surface area (Å²) in [6.07, 6.45) is 0.613. The number of oxazole rings is 1. The van der Waals surface area contributed by atoms with E-state index >= 15 is 0 Å². The molecule has 1 aromatic heterocycles. The third kappa shape index (κ3) is 9.22. The molecule has 4 aromatic rings. The molecule has 0 saturated carbocycles. The highest BCUT2D eigenvalue weighted by Crippen LogP contribution is 2.27. The third-order valence-electron chi connectivity index (χ3n) is 6.20. The van der Waals surface area contributed by atoms with Crippen molar-refractivity contribution in [3.63, 3.8) is 0 Å². The lowest BCUT2D eigenvalue weighted by molar-refractivity contribution is -0.159. The molecular weight excluding hydrogens is 516 g/mol. The number of likely N-dealkylation sites (N-methyl/N-ethyl adjacent to an activating group) is 1. The second-order valence-electron chi connectivity index (χ2n) is 10.1. The number of benzene rings is 3. The second kappa shape index (κ2) is 15.1. The molecule has 0 spiro atoms. The molecule has 0 unspecified atom stereocenters. The monoisotopic (exact) mass is 558 g/mol. The van der Waals surface area contributed by atoms with Gasteiger partial charge in [0, 0.05) is 18.5 Å². The van der Waals surface area contributed by atoms with Crippen LogP contribution in [0.5, 0.6) is 11.5 Å². The molecule has 0 bridgehead atoms. The standard InChI is InChI=1S/C32H36N2O5.C2H6/c1-23-29(33-30(38-23)26-13-11-25(12-14-26)24-9-7-6-8-10-24)19-21-36-27-15-17-28(18-16-27)39-32(2,3)31(35)37-22-20-34(4)5;1-2/h6-18H,19-22H2,1-5H3;1-2H3. The van der Waals surface area contributed by atoms with Gasteiger partial charge in [0.2, 0.25) is 5.89 Å². The molecule has 0 N–H and O–H groups in total. The highest BCUT2D eigenvalue weighted by atomic mass is 16.6. The second-order valence-corrected chi connectivity index (χ2v) is 10.1. The summed E-state index contributed by atoms with van der Waals surface area (Å²) in [7, 11) is 3.85. The van der Waals surface area contributed by atoms with E-state index in [1.807, 2.05) is 82.2 Å². The fourth-order valence-corrected chi connectivity index (χ4v) is 3.92. The molecule has 3 aromatic carbocycles. The molecule has 0 atom stereocenters. The predicted molar refractivity (Wildman–Crippen MR) is 163 cm³/mol. The van der Waals surface area contributed by atoms with Crippen molar-refractivity contribution >= 4 is 5.97 Å². The molecule has 7 nitrogen and oxygen atoms in total. The van der Waals surface area contributed by atoms with Crippen molar-refractivity contribution in [1.29, 1.82) is 0 Å². The molecule has 0 aliphatic carbocycles. The van der Waals surface area contributed by atoms with E-state index in [1.54, 1.807) is 26.0 Å². The first-order valence-corrected chi connectivity index (χ1v) is 14.1. The van der Waals surface area contributed by atoms with Crippen molar-refractivity contribution < 1.29 is 23.4 Å². The van der Waals surface area contributed by atoms with Crippen molar-refractivity contribution in [1.82, 2.24) is 9.88 Å². The molecule has 1 heterocycles. The van der Waals surface area contributed by atoms with Gasteiger partial charge in [-0.05, 0) is 82.4 Å². The van der Waals surface area contributed by atoms with E-state index in [2.05, 4.69) is 24.3 Å². The fourth-order valence-electron chi connectivity index (χ4n) is 3.92. The van der Waals surface area contributed by atoms with Gasteiger partial charge in [-0.25, -0.2) is 9.78 Å². The lowest BCUT2D eigenvalue weighted by Gasteiger charge is -2.24. The van der Waals surface area contributed by atoms with Crippen LogP contribution in [0.25, 0.3) is 22.6 Å². The van der Waals surface area contributed by atoms with Gasteiger partial charge in [-0.15, -0.1) is 0 Å². The Hall–Kier alpha value is -4.10. The first kappa shape index (κ1) is 31.4. The Labute approximate surface area is 244 Å². The van der Waals surface area contributed by atoms with Gasteiger partial charge in [-0.1, -0.05) is 56.3 Å². The number of ether oxygens (including phenoxy) is 3. The summed E-state index contributed by atoms with van der Waals surface area (Å²) in [4.78, 5) is 19.0. The van der Waals surface area contributed by atoms with Gasteiger partial charge >= 0.3 is 5.97 Å². The molecule has 0 amide bonds. The maximum absolute atomic E-state index is 12.4. The first-order chi connectivity index (χ1) is 19.7. The van der Waals surface area contributed by atoms with Gasteiger partial charge in [0.25, 0.3) is 0 Å². The van der Waals surface area contributed by atoms with Crippen LogP contribution in [0.15, 0.2) is 83.3 Å². The number of hydrogen-bond donors (Lipinski definition) is 0. The van der Waals surface area contributed by atoms with Crippen LogP contribution >= 0.6 is 0 Å². The van der Waals surface area contributed by atoms with E-state index in [0.717, 1.165) is 22.6 Å². The van der Waals surface area contributed by atoms with E-state index in [0.29, 0.717) is 43.6 Å². The largest absolute Gasteiger partial charge is 0.493 e. The zero-order valence-electron chi connectivity index (χ0n) is 25.3. The van der Waals surface area contributed by atoms with Gasteiger partial charge in [-0.2, -0.15) is 0 Å². The van der Waals surface area contributed by atoms with Crippen molar-refractivity contribution in [2.24, 2.45) is 0 Å². The number of aryl methyl sites for hydroxylation is 1. The molecule has 0 saturated heterocycles. The highest BCUT2D eigenvalue weighted by molar-refractivity contribution is 5.79. The fraction of sp³-hybridized carbons (Fsp3) is 0.353. The molecule has 0 fully saturated rings. The van der Waals surface area contributed by atoms with Crippen molar-refractivity contribution in [3.05, 3.63) is 90.3 Å². The lowest BCUT2D eigenvalue weighted by atomic mass is 10.0. The van der Waals surface area contributed by atoms with Crippen molar-refractivity contribution in [3.8, 4) is 34.1 Å². The smallest absolute Gasteiger partial charge is 0.349 e. The van der Waals surface area contributed by atoms with Gasteiger partial charge in [-0.3, -0.25) is 0 Å². The molecule has 0 aliphatic heterocycles. The predicted octanol–water partition coefficient (Wildman–Crippen LogP) is 7.23. The Morgan fingerprint density at radius 1 is 0.829 bits per heavy atom. The normalized spacial score (nSPS) is 11.0. The summed E-state index contributed by atoms with van der Waals surface area (Å²) < 4.78 is 23.1. The number of rotatable bonds is 12. The van der Waals surface area contributed by atoms with Crippen LogP contribution in [0.2, 0.25) is 0 Å². The summed E-state index contributed by atoms with van der Waals surface area (Å²) in [5, 5.41) is 0. The van der Waals surface area contributed by atoms with E-state index in [-0.39, 0.29) is 0 Å². The Bertz CT molecular complexity index is 1340. The van der Waals surface area contributed by atoms with E-state index in [9.17, 15) is 4.79 Å². The topological polar surface area (TPSA) is 74.0 Å². The average Bonchev–Trinajstić information content (AvgIpc) is 3.35. The van der Waals surface area contributed by atoms with Gasteiger partial charge in [0.1, 0.15) is 23.9 Å². The van der Waals surface area contributed by atoms with Gasteiger partial charge < -0.3 is 23.5 Å². The summed E-state index contributed by atoms with van der Waals surface area (Å²) in [5.41, 5.74) is 3.03. The summed E-state index contributed by atoms with van der Waals surface area (Å²) in [5.74, 6) is 2.24. The number of aromatic nitrogens is 1. The lowest BCUT2D eigenvalue weighted by Crippen LogP contribution is -2.40. The van der Waals surface area contributed by atoms with Crippen LogP contribution in [0, 0.1) is 6.92 Å². The quantitative estimate of drug-likeness (QED) is 0.170. The van der Waals surface area contributed by atoms with Crippen LogP contribution in [0.3, 0.4) is 0 Å². The maximum Gasteiger partial charge on any atom is 0.349 e. The minimum absolute atomic E-state index is 0.318. The highest BCUT2D eigenvalue weighted by Gasteiger charge is 2.31. The van der Waals surface area contributed by atoms with Crippen LogP contribution in [-0.2, 0) is 16.0 Å². The minimum atomic E-state index is -1.10. The summed E-state index contributed by atoms with van der Waals surface area (Å²) >= 11 is 0. The Morgan fingerprint density at radius 2 is 1.41 bits per heavy atom. The molecule has 7 heteroatoms. The summed E-state index contributed by atoms with van der Waals surface area (Å²) in [6, 6.07) is 25.7. The average molecular weight is 559 g/mol. The molecule has 0 aliphatic rings. The Morgan fingerprint density at radius 3 is 2.05 bits per heavy atom. The van der Waals surface area contributed by atoms with Crippen LogP contribution in [0.1, 0.15) is 39.1 Å². The SMILES string of the molecule is CC.Cc1oc(-c2ccc(-c3ccccc3)cc2)nc1CCOc1ccc(OC(C)(C)C(=O)OCCN(C)C)cc1. The third-order valence-corrected chi connectivity index (χ3v) is 6.20. The number of hydrogen-bond acceptors (Lipinski definition) is 7. The number of carbonyl (C=O) groups is 1. The molecule has 218 valence electrons. The van der Waals surface area contributed by atoms with Crippen LogP contribution < -0.4 is 9.47 Å².